The Hall–Kier alpha value is -2.52. The van der Waals surface area contributed by atoms with Gasteiger partial charge in [0, 0.05) is 0 Å². The minimum absolute atomic E-state index is 0.110. The molecule has 3 aromatic heterocycles. The van der Waals surface area contributed by atoms with Gasteiger partial charge in [0.1, 0.15) is 17.0 Å². The molecule has 1 atom stereocenters. The van der Waals surface area contributed by atoms with E-state index in [1.165, 1.54) is 0 Å². The van der Waals surface area contributed by atoms with Crippen LogP contribution in [-0.4, -0.2) is 20.8 Å². The number of nitrogens with one attached hydrogen (secondary N) is 1. The molecule has 5 nitrogen and oxygen atoms in total. The van der Waals surface area contributed by atoms with E-state index in [2.05, 4.69) is 27.2 Å². The molecule has 26 heavy (non-hydrogen) atoms. The summed E-state index contributed by atoms with van der Waals surface area (Å²) in [5.41, 5.74) is 3.47. The molecule has 3 aromatic rings. The Morgan fingerprint density at radius 1 is 1.46 bits per heavy atom. The number of rotatable bonds is 6. The second-order valence-electron chi connectivity index (χ2n) is 6.07. The molecule has 0 aromatic carbocycles. The lowest BCUT2D eigenvalue weighted by Gasteiger charge is -2.07. The Bertz CT molecular complexity index is 967. The number of alkyl halides is 1. The molecule has 0 spiro atoms. The third kappa shape index (κ3) is 3.68. The smallest absolute Gasteiger partial charge is 0.243 e. The van der Waals surface area contributed by atoms with Crippen LogP contribution < -0.4 is 5.32 Å². The minimum Gasteiger partial charge on any atom is -0.467 e. The van der Waals surface area contributed by atoms with Gasteiger partial charge in [-0.15, -0.1) is 5.10 Å². The number of hydrogen-bond acceptors (Lipinski definition) is 4. The number of anilines is 1. The molecule has 1 N–H and O–H groups in total. The fourth-order valence-corrected chi connectivity index (χ4v) is 3.11. The van der Waals surface area contributed by atoms with Crippen LogP contribution in [0.1, 0.15) is 42.8 Å². The first kappa shape index (κ1) is 18.3. The lowest BCUT2D eigenvalue weighted by molar-refractivity contribution is 0.341. The SMILES string of the molecule is CC#Cc1c(CCC(C)F)c(C)c2c(NCc3ccco3)nc(Cl)nn12. The third-order valence-electron chi connectivity index (χ3n) is 4.17. The predicted molar refractivity (Wildman–Crippen MR) is 100 cm³/mol. The zero-order valence-corrected chi connectivity index (χ0v) is 15.7. The molecular weight excluding hydrogens is 355 g/mol. The number of aromatic nitrogens is 3. The first-order valence-electron chi connectivity index (χ1n) is 8.42. The Morgan fingerprint density at radius 2 is 2.27 bits per heavy atom. The van der Waals surface area contributed by atoms with E-state index in [1.807, 2.05) is 19.1 Å². The Balaban J connectivity index is 2.10. The average molecular weight is 375 g/mol. The van der Waals surface area contributed by atoms with Gasteiger partial charge in [-0.1, -0.05) is 5.92 Å². The van der Waals surface area contributed by atoms with Gasteiger partial charge in [0.05, 0.1) is 19.0 Å². The van der Waals surface area contributed by atoms with Crippen molar-refractivity contribution in [3.63, 3.8) is 0 Å². The molecule has 0 saturated carbocycles. The molecule has 0 radical (unpaired) electrons. The number of hydrogen-bond donors (Lipinski definition) is 1. The van der Waals surface area contributed by atoms with Crippen molar-refractivity contribution >= 4 is 22.9 Å². The minimum atomic E-state index is -0.883. The maximum Gasteiger partial charge on any atom is 0.243 e. The topological polar surface area (TPSA) is 55.4 Å². The Kier molecular flexibility index (Phi) is 5.48. The maximum atomic E-state index is 13.4. The molecule has 0 bridgehead atoms. The zero-order chi connectivity index (χ0) is 18.7. The largest absolute Gasteiger partial charge is 0.467 e. The van der Waals surface area contributed by atoms with Crippen LogP contribution in [0.25, 0.3) is 5.52 Å². The monoisotopic (exact) mass is 374 g/mol. The van der Waals surface area contributed by atoms with E-state index in [4.69, 9.17) is 16.0 Å². The van der Waals surface area contributed by atoms with E-state index in [0.717, 1.165) is 28.1 Å². The van der Waals surface area contributed by atoms with Crippen LogP contribution in [0.5, 0.6) is 0 Å². The summed E-state index contributed by atoms with van der Waals surface area (Å²) in [5, 5.41) is 7.68. The lowest BCUT2D eigenvalue weighted by Crippen LogP contribution is -2.06. The van der Waals surface area contributed by atoms with Gasteiger partial charge in [-0.3, -0.25) is 0 Å². The van der Waals surface area contributed by atoms with Crippen LogP contribution in [0.3, 0.4) is 0 Å². The first-order chi connectivity index (χ1) is 12.5. The molecule has 3 heterocycles. The average Bonchev–Trinajstić information content (AvgIpc) is 3.19. The van der Waals surface area contributed by atoms with Gasteiger partial charge in [-0.25, -0.2) is 8.91 Å². The van der Waals surface area contributed by atoms with E-state index in [0.29, 0.717) is 25.2 Å². The van der Waals surface area contributed by atoms with Crippen molar-refractivity contribution in [3.05, 3.63) is 46.3 Å². The van der Waals surface area contributed by atoms with E-state index in [-0.39, 0.29) is 5.28 Å². The normalized spacial score (nSPS) is 12.0. The van der Waals surface area contributed by atoms with Crippen LogP contribution in [0.4, 0.5) is 10.2 Å². The van der Waals surface area contributed by atoms with Gasteiger partial charge in [0.25, 0.3) is 0 Å². The second kappa shape index (κ2) is 7.79. The van der Waals surface area contributed by atoms with Crippen LogP contribution in [-0.2, 0) is 13.0 Å². The standard InChI is InChI=1S/C19H20ClFN4O/c1-4-6-16-15(9-8-12(2)21)13(3)17-18(23-19(20)24-25(16)17)22-11-14-7-5-10-26-14/h5,7,10,12H,8-9,11H2,1-3H3,(H,22,23,24). The molecule has 7 heteroatoms. The third-order valence-corrected chi connectivity index (χ3v) is 4.33. The van der Waals surface area contributed by atoms with Crippen LogP contribution >= 0.6 is 11.6 Å². The van der Waals surface area contributed by atoms with Crippen LogP contribution in [0.15, 0.2) is 22.8 Å². The second-order valence-corrected chi connectivity index (χ2v) is 6.41. The van der Waals surface area contributed by atoms with Gasteiger partial charge < -0.3 is 9.73 Å². The molecule has 0 aliphatic heterocycles. The molecule has 0 aliphatic carbocycles. The molecule has 136 valence electrons. The highest BCUT2D eigenvalue weighted by atomic mass is 35.5. The lowest BCUT2D eigenvalue weighted by atomic mass is 10.0. The fourth-order valence-electron chi connectivity index (χ4n) is 2.95. The number of nitrogens with zero attached hydrogens (tertiary/aromatic N) is 3. The molecular formula is C19H20ClFN4O. The number of aryl methyl sites for hydroxylation is 1. The van der Waals surface area contributed by atoms with Crippen molar-refractivity contribution in [1.82, 2.24) is 14.6 Å². The van der Waals surface area contributed by atoms with E-state index < -0.39 is 6.17 Å². The summed E-state index contributed by atoms with van der Waals surface area (Å²) in [6.07, 6.45) is 1.73. The van der Waals surface area contributed by atoms with E-state index >= 15 is 0 Å². The van der Waals surface area contributed by atoms with Crippen molar-refractivity contribution in [2.24, 2.45) is 0 Å². The van der Waals surface area contributed by atoms with Gasteiger partial charge >= 0.3 is 0 Å². The van der Waals surface area contributed by atoms with E-state index in [1.54, 1.807) is 24.6 Å². The molecule has 0 amide bonds. The van der Waals surface area contributed by atoms with Crippen LogP contribution in [0, 0.1) is 18.8 Å². The summed E-state index contributed by atoms with van der Waals surface area (Å²) in [4.78, 5) is 4.33. The predicted octanol–water partition coefficient (Wildman–Crippen LogP) is 4.56. The summed E-state index contributed by atoms with van der Waals surface area (Å²) in [7, 11) is 0. The first-order valence-corrected chi connectivity index (χ1v) is 8.79. The van der Waals surface area contributed by atoms with Crippen LogP contribution in [0.2, 0.25) is 5.28 Å². The Labute approximate surface area is 156 Å². The quantitative estimate of drug-likeness (QED) is 0.643. The highest BCUT2D eigenvalue weighted by molar-refractivity contribution is 6.28. The Morgan fingerprint density at radius 3 is 2.92 bits per heavy atom. The van der Waals surface area contributed by atoms with Gasteiger partial charge in [-0.2, -0.15) is 4.98 Å². The molecule has 1 unspecified atom stereocenters. The summed E-state index contributed by atoms with van der Waals surface area (Å²) >= 11 is 6.13. The summed E-state index contributed by atoms with van der Waals surface area (Å²) in [5.74, 6) is 7.37. The fraction of sp³-hybridized carbons (Fsp3) is 0.368. The van der Waals surface area contributed by atoms with Crippen molar-refractivity contribution in [2.75, 3.05) is 5.32 Å². The number of furan rings is 1. The highest BCUT2D eigenvalue weighted by Gasteiger charge is 2.20. The van der Waals surface area contributed by atoms with Gasteiger partial charge in [-0.05, 0) is 74.4 Å². The molecule has 0 fully saturated rings. The highest BCUT2D eigenvalue weighted by Crippen LogP contribution is 2.29. The summed E-state index contributed by atoms with van der Waals surface area (Å²) in [6, 6.07) is 3.70. The number of halogens is 2. The van der Waals surface area contributed by atoms with Crippen molar-refractivity contribution in [2.45, 2.75) is 46.3 Å². The summed E-state index contributed by atoms with van der Waals surface area (Å²) < 4.78 is 20.4. The van der Waals surface area contributed by atoms with E-state index in [9.17, 15) is 4.39 Å². The molecule has 0 aliphatic rings. The molecule has 3 rings (SSSR count). The van der Waals surface area contributed by atoms with Crippen molar-refractivity contribution in [3.8, 4) is 11.8 Å². The number of fused-ring (bicyclic) bond motifs is 1. The van der Waals surface area contributed by atoms with Gasteiger partial charge in [0.15, 0.2) is 5.82 Å². The molecule has 0 saturated heterocycles. The maximum absolute atomic E-state index is 13.4. The van der Waals surface area contributed by atoms with Gasteiger partial charge in [0.2, 0.25) is 5.28 Å². The van der Waals surface area contributed by atoms with Crippen molar-refractivity contribution < 1.29 is 8.81 Å². The summed E-state index contributed by atoms with van der Waals surface area (Å²) in [6.45, 7) is 5.76. The zero-order valence-electron chi connectivity index (χ0n) is 14.9. The van der Waals surface area contributed by atoms with Crippen molar-refractivity contribution in [1.29, 1.82) is 0 Å².